The van der Waals surface area contributed by atoms with Gasteiger partial charge in [0.05, 0.1) is 29.7 Å². The number of fused-ring (bicyclic) bond motifs is 1. The first kappa shape index (κ1) is 17.4. The van der Waals surface area contributed by atoms with Crippen LogP contribution in [-0.2, 0) is 11.3 Å². The summed E-state index contributed by atoms with van der Waals surface area (Å²) in [6.07, 6.45) is 3.49. The second-order valence-electron chi connectivity index (χ2n) is 6.75. The van der Waals surface area contributed by atoms with Crippen molar-refractivity contribution in [1.29, 1.82) is 5.26 Å². The van der Waals surface area contributed by atoms with Crippen molar-refractivity contribution >= 4 is 16.9 Å². The minimum Gasteiger partial charge on any atom is -0.337 e. The molecule has 6 nitrogen and oxygen atoms in total. The maximum Gasteiger partial charge on any atom is 0.235 e. The van der Waals surface area contributed by atoms with E-state index in [2.05, 4.69) is 34.3 Å². The molecule has 0 bridgehead atoms. The lowest BCUT2D eigenvalue weighted by Gasteiger charge is -2.23. The third-order valence-corrected chi connectivity index (χ3v) is 5.01. The minimum atomic E-state index is -0.668. The first-order valence-electron chi connectivity index (χ1n) is 8.99. The lowest BCUT2D eigenvalue weighted by atomic mass is 10.00. The van der Waals surface area contributed by atoms with Crippen LogP contribution >= 0.6 is 0 Å². The Morgan fingerprint density at radius 1 is 1.40 bits per heavy atom. The van der Waals surface area contributed by atoms with Gasteiger partial charge in [0.1, 0.15) is 11.4 Å². The summed E-state index contributed by atoms with van der Waals surface area (Å²) in [5, 5.41) is 15.5. The fourth-order valence-electron chi connectivity index (χ4n) is 3.65. The molecule has 1 unspecified atom stereocenters. The molecule has 2 aromatic rings. The van der Waals surface area contributed by atoms with Gasteiger partial charge in [-0.3, -0.25) is 10.1 Å². The SMILES string of the molecule is CCn1c(C(C)NCC(=O)NC2(C#N)CCCC2)nc2ccccc21. The number of hydrogen-bond acceptors (Lipinski definition) is 4. The number of aryl methyl sites for hydroxylation is 1. The van der Waals surface area contributed by atoms with Gasteiger partial charge < -0.3 is 9.88 Å². The van der Waals surface area contributed by atoms with E-state index in [1.165, 1.54) is 0 Å². The number of amides is 1. The molecule has 1 aliphatic rings. The first-order valence-corrected chi connectivity index (χ1v) is 8.99. The van der Waals surface area contributed by atoms with Gasteiger partial charge in [0, 0.05) is 6.54 Å². The monoisotopic (exact) mass is 339 g/mol. The Hall–Kier alpha value is -2.39. The molecular formula is C19H25N5O. The minimum absolute atomic E-state index is 0.0558. The molecule has 1 aromatic heterocycles. The molecule has 0 aliphatic heterocycles. The van der Waals surface area contributed by atoms with Gasteiger partial charge in [-0.05, 0) is 51.7 Å². The molecule has 132 valence electrons. The van der Waals surface area contributed by atoms with Gasteiger partial charge in [-0.2, -0.15) is 5.26 Å². The van der Waals surface area contributed by atoms with Crippen molar-refractivity contribution in [2.45, 2.75) is 57.7 Å². The molecule has 1 atom stereocenters. The zero-order valence-electron chi connectivity index (χ0n) is 14.9. The van der Waals surface area contributed by atoms with E-state index in [0.717, 1.165) is 49.1 Å². The number of nitriles is 1. The smallest absolute Gasteiger partial charge is 0.235 e. The molecular weight excluding hydrogens is 314 g/mol. The molecule has 1 fully saturated rings. The number of para-hydroxylation sites is 2. The Labute approximate surface area is 148 Å². The van der Waals surface area contributed by atoms with Crippen LogP contribution in [0.25, 0.3) is 11.0 Å². The maximum atomic E-state index is 12.3. The van der Waals surface area contributed by atoms with E-state index in [-0.39, 0.29) is 18.5 Å². The molecule has 25 heavy (non-hydrogen) atoms. The number of rotatable bonds is 6. The van der Waals surface area contributed by atoms with Crippen LogP contribution in [0.5, 0.6) is 0 Å². The van der Waals surface area contributed by atoms with Gasteiger partial charge in [-0.15, -0.1) is 0 Å². The largest absolute Gasteiger partial charge is 0.337 e. The lowest BCUT2D eigenvalue weighted by molar-refractivity contribution is -0.121. The predicted octanol–water partition coefficient (Wildman–Crippen LogP) is 2.66. The fourth-order valence-corrected chi connectivity index (χ4v) is 3.65. The molecule has 1 saturated carbocycles. The van der Waals surface area contributed by atoms with E-state index in [1.54, 1.807) is 0 Å². The van der Waals surface area contributed by atoms with Crippen molar-refractivity contribution in [1.82, 2.24) is 20.2 Å². The van der Waals surface area contributed by atoms with Gasteiger partial charge in [0.15, 0.2) is 0 Å². The molecule has 1 heterocycles. The van der Waals surface area contributed by atoms with Crippen LogP contribution < -0.4 is 10.6 Å². The van der Waals surface area contributed by atoms with Crippen molar-refractivity contribution < 1.29 is 4.79 Å². The number of carbonyl (C=O) groups excluding carboxylic acids is 1. The second kappa shape index (κ2) is 7.24. The van der Waals surface area contributed by atoms with Crippen molar-refractivity contribution in [3.8, 4) is 6.07 Å². The molecule has 0 radical (unpaired) electrons. The van der Waals surface area contributed by atoms with E-state index in [0.29, 0.717) is 0 Å². The number of nitrogens with zero attached hydrogens (tertiary/aromatic N) is 3. The maximum absolute atomic E-state index is 12.3. The average Bonchev–Trinajstić information content (AvgIpc) is 3.24. The van der Waals surface area contributed by atoms with E-state index in [9.17, 15) is 10.1 Å². The van der Waals surface area contributed by atoms with Crippen LogP contribution in [0, 0.1) is 11.3 Å². The van der Waals surface area contributed by atoms with Crippen LogP contribution in [0.15, 0.2) is 24.3 Å². The number of nitrogens with one attached hydrogen (secondary N) is 2. The molecule has 3 rings (SSSR count). The Kier molecular flexibility index (Phi) is 5.05. The number of imidazole rings is 1. The molecule has 6 heteroatoms. The Morgan fingerprint density at radius 2 is 2.12 bits per heavy atom. The summed E-state index contributed by atoms with van der Waals surface area (Å²) in [5.74, 6) is 0.793. The topological polar surface area (TPSA) is 82.7 Å². The molecule has 1 aliphatic carbocycles. The van der Waals surface area contributed by atoms with E-state index in [1.807, 2.05) is 25.1 Å². The molecule has 0 spiro atoms. The highest BCUT2D eigenvalue weighted by Gasteiger charge is 2.35. The highest BCUT2D eigenvalue weighted by molar-refractivity contribution is 5.79. The highest BCUT2D eigenvalue weighted by atomic mass is 16.2. The van der Waals surface area contributed by atoms with Crippen LogP contribution in [-0.4, -0.2) is 27.5 Å². The van der Waals surface area contributed by atoms with Crippen LogP contribution in [0.1, 0.15) is 51.4 Å². The van der Waals surface area contributed by atoms with Crippen molar-refractivity contribution in [2.75, 3.05) is 6.54 Å². The van der Waals surface area contributed by atoms with Crippen LogP contribution in [0.2, 0.25) is 0 Å². The van der Waals surface area contributed by atoms with E-state index >= 15 is 0 Å². The van der Waals surface area contributed by atoms with E-state index in [4.69, 9.17) is 4.98 Å². The number of benzene rings is 1. The number of carbonyl (C=O) groups is 1. The van der Waals surface area contributed by atoms with Crippen molar-refractivity contribution in [3.63, 3.8) is 0 Å². The van der Waals surface area contributed by atoms with Gasteiger partial charge >= 0.3 is 0 Å². The Morgan fingerprint density at radius 3 is 2.80 bits per heavy atom. The molecule has 1 amide bonds. The zero-order valence-corrected chi connectivity index (χ0v) is 14.9. The zero-order chi connectivity index (χ0) is 17.9. The molecule has 1 aromatic carbocycles. The quantitative estimate of drug-likeness (QED) is 0.847. The third kappa shape index (κ3) is 3.52. The van der Waals surface area contributed by atoms with Crippen molar-refractivity contribution in [3.05, 3.63) is 30.1 Å². The lowest BCUT2D eigenvalue weighted by Crippen LogP contribution is -2.48. The summed E-state index contributed by atoms with van der Waals surface area (Å²) in [6.45, 7) is 5.10. The first-order chi connectivity index (χ1) is 12.1. The number of aromatic nitrogens is 2. The molecule has 0 saturated heterocycles. The van der Waals surface area contributed by atoms with Gasteiger partial charge in [0.2, 0.25) is 5.91 Å². The third-order valence-electron chi connectivity index (χ3n) is 5.01. The summed E-state index contributed by atoms with van der Waals surface area (Å²) in [6, 6.07) is 10.3. The highest BCUT2D eigenvalue weighted by Crippen LogP contribution is 2.28. The molecule has 2 N–H and O–H groups in total. The van der Waals surface area contributed by atoms with Crippen molar-refractivity contribution in [2.24, 2.45) is 0 Å². The van der Waals surface area contributed by atoms with Crippen LogP contribution in [0.3, 0.4) is 0 Å². The Balaban J connectivity index is 1.66. The summed E-state index contributed by atoms with van der Waals surface area (Å²) < 4.78 is 2.17. The number of hydrogen-bond donors (Lipinski definition) is 2. The standard InChI is InChI=1S/C19H25N5O/c1-3-24-16-9-5-4-8-15(16)22-18(24)14(2)21-12-17(25)23-19(13-20)10-6-7-11-19/h4-5,8-9,14,21H,3,6-7,10-12H2,1-2H3,(H,23,25). The summed E-state index contributed by atoms with van der Waals surface area (Å²) >= 11 is 0. The average molecular weight is 339 g/mol. The summed E-state index contributed by atoms with van der Waals surface area (Å²) in [7, 11) is 0. The fraction of sp³-hybridized carbons (Fsp3) is 0.526. The Bertz CT molecular complexity index is 798. The summed E-state index contributed by atoms with van der Waals surface area (Å²) in [5.41, 5.74) is 1.40. The summed E-state index contributed by atoms with van der Waals surface area (Å²) in [4.78, 5) is 17.0. The second-order valence-corrected chi connectivity index (χ2v) is 6.75. The normalized spacial score (nSPS) is 17.3. The predicted molar refractivity (Wildman–Crippen MR) is 96.8 cm³/mol. The van der Waals surface area contributed by atoms with Crippen LogP contribution in [0.4, 0.5) is 0 Å². The van der Waals surface area contributed by atoms with Gasteiger partial charge in [-0.25, -0.2) is 4.98 Å². The van der Waals surface area contributed by atoms with Gasteiger partial charge in [0.25, 0.3) is 0 Å². The van der Waals surface area contributed by atoms with Gasteiger partial charge in [-0.1, -0.05) is 12.1 Å². The van der Waals surface area contributed by atoms with E-state index < -0.39 is 5.54 Å².